The molecule has 2 fully saturated rings. The molecule has 182 valence electrons. The number of anilines is 2. The zero-order valence-corrected chi connectivity index (χ0v) is 17.7. The van der Waals surface area contributed by atoms with Crippen molar-refractivity contribution in [2.45, 2.75) is 43.2 Å². The molecule has 0 aliphatic carbocycles. The molecule has 0 aromatic carbocycles. The van der Waals surface area contributed by atoms with E-state index >= 15 is 0 Å². The first-order chi connectivity index (χ1) is 16.3. The van der Waals surface area contributed by atoms with Crippen molar-refractivity contribution in [1.29, 1.82) is 0 Å². The van der Waals surface area contributed by atoms with E-state index in [2.05, 4.69) is 25.3 Å². The van der Waals surface area contributed by atoms with E-state index in [4.69, 9.17) is 4.74 Å². The Balaban J connectivity index is 1.33. The molecule has 0 radical (unpaired) electrons. The average molecular weight is 481 g/mol. The minimum atomic E-state index is -4.44. The number of hydrogen-bond donors (Lipinski definition) is 4. The third-order valence-electron chi connectivity index (χ3n) is 6.08. The summed E-state index contributed by atoms with van der Waals surface area (Å²) in [6.45, 7) is 0.467. The highest BCUT2D eigenvalue weighted by atomic mass is 19.4. The van der Waals surface area contributed by atoms with Crippen molar-refractivity contribution >= 4 is 22.8 Å². The summed E-state index contributed by atoms with van der Waals surface area (Å²) in [5.41, 5.74) is -0.000507. The Labute approximate surface area is 190 Å². The molecule has 2 aliphatic rings. The van der Waals surface area contributed by atoms with Gasteiger partial charge in [0, 0.05) is 25.3 Å². The van der Waals surface area contributed by atoms with Crippen LogP contribution in [0.25, 0.3) is 11.2 Å². The summed E-state index contributed by atoms with van der Waals surface area (Å²) in [5, 5.41) is 32.9. The molecule has 0 spiro atoms. The fourth-order valence-corrected chi connectivity index (χ4v) is 4.30. The fourth-order valence-electron chi connectivity index (χ4n) is 4.30. The number of ether oxygens (including phenoxy) is 1. The standard InChI is InChI=1S/C20H22F3N7O4/c21-20(22,23)10-1-3-24-13(5-10)29-4-2-11(6-29)28-17-14-18(26-8-25-17)30(9-27-14)19-16(33)15(32)12(7-31)34-19/h1,3,5,8-9,11-12,15-16,19,31-33H,2,4,6-7H2,(H,25,26,28)/t11-,12+,15-,16-,19+/m0/s1. The second-order valence-electron chi connectivity index (χ2n) is 8.25. The lowest BCUT2D eigenvalue weighted by Gasteiger charge is -2.19. The number of hydrogen-bond acceptors (Lipinski definition) is 10. The van der Waals surface area contributed by atoms with Gasteiger partial charge in [-0.25, -0.2) is 19.9 Å². The lowest BCUT2D eigenvalue weighted by Crippen LogP contribution is -2.33. The summed E-state index contributed by atoms with van der Waals surface area (Å²) in [6.07, 6.45) is -4.42. The molecule has 3 aromatic rings. The molecule has 0 amide bonds. The van der Waals surface area contributed by atoms with E-state index in [1.165, 1.54) is 17.2 Å². The van der Waals surface area contributed by atoms with Gasteiger partial charge in [-0.1, -0.05) is 0 Å². The molecule has 5 atom stereocenters. The first kappa shape index (κ1) is 22.7. The number of alkyl halides is 3. The predicted octanol–water partition coefficient (Wildman–Crippen LogP) is 0.542. The van der Waals surface area contributed by atoms with Crippen LogP contribution in [0.5, 0.6) is 0 Å². The maximum absolute atomic E-state index is 13.0. The van der Waals surface area contributed by atoms with E-state index in [9.17, 15) is 28.5 Å². The third kappa shape index (κ3) is 4.02. The number of aromatic nitrogens is 5. The molecule has 5 heterocycles. The van der Waals surface area contributed by atoms with E-state index in [0.29, 0.717) is 36.5 Å². The Bertz CT molecular complexity index is 1180. The van der Waals surface area contributed by atoms with Gasteiger partial charge in [0.15, 0.2) is 23.2 Å². The van der Waals surface area contributed by atoms with Gasteiger partial charge >= 0.3 is 6.18 Å². The second-order valence-corrected chi connectivity index (χ2v) is 8.25. The van der Waals surface area contributed by atoms with E-state index in [0.717, 1.165) is 18.3 Å². The molecule has 0 bridgehead atoms. The second kappa shape index (κ2) is 8.61. The van der Waals surface area contributed by atoms with Crippen molar-refractivity contribution in [3.8, 4) is 0 Å². The lowest BCUT2D eigenvalue weighted by atomic mass is 10.1. The topological polar surface area (TPSA) is 142 Å². The van der Waals surface area contributed by atoms with Gasteiger partial charge in [0.2, 0.25) is 0 Å². The molecule has 34 heavy (non-hydrogen) atoms. The van der Waals surface area contributed by atoms with Crippen LogP contribution in [0.4, 0.5) is 24.8 Å². The molecule has 14 heteroatoms. The predicted molar refractivity (Wildman–Crippen MR) is 112 cm³/mol. The summed E-state index contributed by atoms with van der Waals surface area (Å²) >= 11 is 0. The highest BCUT2D eigenvalue weighted by molar-refractivity contribution is 5.83. The number of nitrogens with one attached hydrogen (secondary N) is 1. The largest absolute Gasteiger partial charge is 0.416 e. The Morgan fingerprint density at radius 1 is 1.15 bits per heavy atom. The van der Waals surface area contributed by atoms with E-state index in [1.54, 1.807) is 4.90 Å². The lowest BCUT2D eigenvalue weighted by molar-refractivity contribution is -0.137. The zero-order chi connectivity index (χ0) is 24.0. The highest BCUT2D eigenvalue weighted by Crippen LogP contribution is 2.33. The van der Waals surface area contributed by atoms with Gasteiger partial charge in [-0.05, 0) is 18.6 Å². The summed E-state index contributed by atoms with van der Waals surface area (Å²) in [4.78, 5) is 18.6. The zero-order valence-electron chi connectivity index (χ0n) is 17.7. The van der Waals surface area contributed by atoms with E-state index in [-0.39, 0.29) is 11.9 Å². The van der Waals surface area contributed by atoms with Crippen LogP contribution in [0.3, 0.4) is 0 Å². The Morgan fingerprint density at radius 2 is 1.97 bits per heavy atom. The van der Waals surface area contributed by atoms with Crippen molar-refractivity contribution in [2.75, 3.05) is 29.9 Å². The number of halogens is 3. The summed E-state index contributed by atoms with van der Waals surface area (Å²) < 4.78 is 46.1. The number of aliphatic hydroxyl groups excluding tert-OH is 3. The first-order valence-electron chi connectivity index (χ1n) is 10.6. The number of imidazole rings is 1. The number of fused-ring (bicyclic) bond motifs is 1. The molecule has 4 N–H and O–H groups in total. The normalized spacial score (nSPS) is 27.6. The van der Waals surface area contributed by atoms with Gasteiger partial charge in [0.05, 0.1) is 18.5 Å². The monoisotopic (exact) mass is 481 g/mol. The van der Waals surface area contributed by atoms with Crippen molar-refractivity contribution in [2.24, 2.45) is 0 Å². The summed E-state index contributed by atoms with van der Waals surface area (Å²) in [7, 11) is 0. The van der Waals surface area contributed by atoms with Gasteiger partial charge in [-0.3, -0.25) is 4.57 Å². The van der Waals surface area contributed by atoms with Crippen molar-refractivity contribution < 1.29 is 33.2 Å². The number of aliphatic hydroxyl groups is 3. The van der Waals surface area contributed by atoms with Crippen LogP contribution in [0.15, 0.2) is 31.0 Å². The van der Waals surface area contributed by atoms with E-state index in [1.807, 2.05) is 0 Å². The maximum Gasteiger partial charge on any atom is 0.416 e. The first-order valence-corrected chi connectivity index (χ1v) is 10.6. The van der Waals surface area contributed by atoms with Crippen LogP contribution < -0.4 is 10.2 Å². The Morgan fingerprint density at radius 3 is 2.71 bits per heavy atom. The fraction of sp³-hybridized carbons (Fsp3) is 0.500. The van der Waals surface area contributed by atoms with Crippen LogP contribution in [0, 0.1) is 0 Å². The SMILES string of the molecule is OC[C@H]1O[C@@H](n2cnc3c(N[C@H]4CCN(c5cc(C(F)(F)F)ccn5)C4)ncnc32)[C@@H](O)[C@H]1O. The molecule has 2 aliphatic heterocycles. The minimum Gasteiger partial charge on any atom is -0.394 e. The molecule has 5 rings (SSSR count). The Hall–Kier alpha value is -3.07. The van der Waals surface area contributed by atoms with E-state index < -0.39 is 42.9 Å². The molecule has 11 nitrogen and oxygen atoms in total. The average Bonchev–Trinajstić information content (AvgIpc) is 3.52. The molecule has 0 unspecified atom stereocenters. The number of pyridine rings is 1. The molecule has 3 aromatic heterocycles. The van der Waals surface area contributed by atoms with Gasteiger partial charge in [0.25, 0.3) is 0 Å². The van der Waals surface area contributed by atoms with Gasteiger partial charge < -0.3 is 30.3 Å². The van der Waals surface area contributed by atoms with Gasteiger partial charge in [0.1, 0.15) is 30.5 Å². The van der Waals surface area contributed by atoms with Crippen molar-refractivity contribution in [3.63, 3.8) is 0 Å². The highest BCUT2D eigenvalue weighted by Gasteiger charge is 2.44. The molecule has 0 saturated carbocycles. The van der Waals surface area contributed by atoms with Crippen LogP contribution in [-0.4, -0.2) is 83.9 Å². The van der Waals surface area contributed by atoms with Crippen molar-refractivity contribution in [1.82, 2.24) is 24.5 Å². The molecular formula is C20H22F3N7O4. The Kier molecular flexibility index (Phi) is 5.75. The van der Waals surface area contributed by atoms with Crippen LogP contribution >= 0.6 is 0 Å². The van der Waals surface area contributed by atoms with Crippen molar-refractivity contribution in [3.05, 3.63) is 36.5 Å². The third-order valence-corrected chi connectivity index (χ3v) is 6.08. The smallest absolute Gasteiger partial charge is 0.394 e. The summed E-state index contributed by atoms with van der Waals surface area (Å²) in [6, 6.07) is 1.85. The van der Waals surface area contributed by atoms with Crippen LogP contribution in [0.2, 0.25) is 0 Å². The molecular weight excluding hydrogens is 459 g/mol. The van der Waals surface area contributed by atoms with Gasteiger partial charge in [-0.15, -0.1) is 0 Å². The van der Waals surface area contributed by atoms with Crippen LogP contribution in [-0.2, 0) is 10.9 Å². The van der Waals surface area contributed by atoms with Gasteiger partial charge in [-0.2, -0.15) is 13.2 Å². The minimum absolute atomic E-state index is 0.131. The quantitative estimate of drug-likeness (QED) is 0.408. The number of rotatable bonds is 5. The van der Waals surface area contributed by atoms with Crippen LogP contribution in [0.1, 0.15) is 18.2 Å². The maximum atomic E-state index is 13.0. The number of nitrogens with zero attached hydrogens (tertiary/aromatic N) is 6. The summed E-state index contributed by atoms with van der Waals surface area (Å²) in [5.74, 6) is 0.667. The molecule has 2 saturated heterocycles.